The van der Waals surface area contributed by atoms with E-state index in [1.54, 1.807) is 0 Å². The van der Waals surface area contributed by atoms with Crippen LogP contribution in [0.2, 0.25) is 0 Å². The molecule has 2 nitrogen and oxygen atoms in total. The van der Waals surface area contributed by atoms with Crippen LogP contribution in [0.5, 0.6) is 0 Å². The van der Waals surface area contributed by atoms with E-state index in [2.05, 4.69) is 11.4 Å². The summed E-state index contributed by atoms with van der Waals surface area (Å²) in [5.41, 5.74) is 2.08. The van der Waals surface area contributed by atoms with Crippen LogP contribution in [-0.2, 0) is 0 Å². The normalized spacial score (nSPS) is 13.7. The molecule has 0 saturated carbocycles. The smallest absolute Gasteiger partial charge is 0.136 e. The molecule has 1 aliphatic rings. The molecule has 1 aromatic carbocycles. The predicted octanol–water partition coefficient (Wildman–Crippen LogP) is 2.98. The van der Waals surface area contributed by atoms with Gasteiger partial charge in [-0.15, -0.1) is 0 Å². The van der Waals surface area contributed by atoms with Gasteiger partial charge in [-0.2, -0.15) is 0 Å². The molecule has 2 heteroatoms. The van der Waals surface area contributed by atoms with Crippen LogP contribution in [-0.4, -0.2) is 0 Å². The van der Waals surface area contributed by atoms with Crippen molar-refractivity contribution in [1.29, 1.82) is 0 Å². The molecule has 0 unspecified atom stereocenters. The van der Waals surface area contributed by atoms with Crippen LogP contribution in [0.4, 0.5) is 0 Å². The zero-order valence-corrected chi connectivity index (χ0v) is 7.53. The third-order valence-electron chi connectivity index (χ3n) is 2.34. The molecule has 0 saturated heterocycles. The quantitative estimate of drug-likeness (QED) is 0.679. The van der Waals surface area contributed by atoms with Crippen LogP contribution in [0.25, 0.3) is 23.1 Å². The summed E-state index contributed by atoms with van der Waals surface area (Å²) in [6, 6.07) is 8.06. The van der Waals surface area contributed by atoms with Gasteiger partial charge in [0.05, 0.1) is 0 Å². The van der Waals surface area contributed by atoms with Crippen LogP contribution in [0.3, 0.4) is 0 Å². The molecule has 0 spiro atoms. The van der Waals surface area contributed by atoms with Gasteiger partial charge >= 0.3 is 0 Å². The van der Waals surface area contributed by atoms with Crippen molar-refractivity contribution >= 4 is 23.1 Å². The number of para-hydroxylation sites is 1. The van der Waals surface area contributed by atoms with Gasteiger partial charge in [-0.25, -0.2) is 0 Å². The first-order valence-corrected chi connectivity index (χ1v) is 4.56. The molecule has 1 aliphatic heterocycles. The Morgan fingerprint density at radius 2 is 1.86 bits per heavy atom. The molecule has 0 bridgehead atoms. The fourth-order valence-electron chi connectivity index (χ4n) is 1.69. The standard InChI is InChI=1S/C12H9NO/c1-2-4-11-9(3-1)10-5-7-13-8-6-12(10)14-11/h1-8,13H. The first-order chi connectivity index (χ1) is 6.95. The Hall–Kier alpha value is -1.96. The first-order valence-electron chi connectivity index (χ1n) is 4.56. The molecule has 3 rings (SSSR count). The molecule has 1 N–H and O–H groups in total. The van der Waals surface area contributed by atoms with Crippen molar-refractivity contribution in [2.24, 2.45) is 0 Å². The van der Waals surface area contributed by atoms with Gasteiger partial charge in [0.25, 0.3) is 0 Å². The first kappa shape index (κ1) is 7.44. The number of nitrogens with one attached hydrogen (secondary N) is 1. The summed E-state index contributed by atoms with van der Waals surface area (Å²) in [5.74, 6) is 0.910. The second-order valence-electron chi connectivity index (χ2n) is 3.21. The van der Waals surface area contributed by atoms with E-state index in [0.717, 1.165) is 22.3 Å². The molecule has 0 radical (unpaired) electrons. The molecule has 14 heavy (non-hydrogen) atoms. The summed E-state index contributed by atoms with van der Waals surface area (Å²) < 4.78 is 5.69. The van der Waals surface area contributed by atoms with E-state index < -0.39 is 0 Å². The van der Waals surface area contributed by atoms with E-state index in [9.17, 15) is 0 Å². The fourth-order valence-corrected chi connectivity index (χ4v) is 1.69. The summed E-state index contributed by atoms with van der Waals surface area (Å²) in [7, 11) is 0. The highest BCUT2D eigenvalue weighted by Gasteiger charge is 2.09. The van der Waals surface area contributed by atoms with Gasteiger partial charge in [0.1, 0.15) is 11.3 Å². The van der Waals surface area contributed by atoms with Crippen molar-refractivity contribution in [2.45, 2.75) is 0 Å². The molecular weight excluding hydrogens is 174 g/mol. The monoisotopic (exact) mass is 183 g/mol. The zero-order valence-electron chi connectivity index (χ0n) is 7.53. The highest BCUT2D eigenvalue weighted by atomic mass is 16.3. The van der Waals surface area contributed by atoms with Gasteiger partial charge < -0.3 is 9.73 Å². The van der Waals surface area contributed by atoms with Gasteiger partial charge in [-0.1, -0.05) is 18.2 Å². The van der Waals surface area contributed by atoms with E-state index >= 15 is 0 Å². The highest BCUT2D eigenvalue weighted by Crippen LogP contribution is 2.28. The number of furan rings is 1. The topological polar surface area (TPSA) is 25.2 Å². The molecule has 1 aromatic heterocycles. The average molecular weight is 183 g/mol. The molecule has 2 aromatic rings. The van der Waals surface area contributed by atoms with Gasteiger partial charge in [-0.3, -0.25) is 0 Å². The SMILES string of the molecule is C1=Cc2oc3ccccc3c2C=CN1. The summed E-state index contributed by atoms with van der Waals surface area (Å²) >= 11 is 0. The van der Waals surface area contributed by atoms with Crippen LogP contribution >= 0.6 is 0 Å². The Kier molecular flexibility index (Phi) is 1.47. The van der Waals surface area contributed by atoms with Crippen molar-refractivity contribution in [1.82, 2.24) is 5.32 Å². The summed E-state index contributed by atoms with van der Waals surface area (Å²) in [5, 5.41) is 4.18. The predicted molar refractivity (Wildman–Crippen MR) is 57.4 cm³/mol. The maximum Gasteiger partial charge on any atom is 0.136 e. The second-order valence-corrected chi connectivity index (χ2v) is 3.21. The minimum absolute atomic E-state index is 0.910. The van der Waals surface area contributed by atoms with Crippen molar-refractivity contribution in [3.8, 4) is 0 Å². The highest BCUT2D eigenvalue weighted by molar-refractivity contribution is 5.91. The van der Waals surface area contributed by atoms with Crippen LogP contribution < -0.4 is 5.32 Å². The second kappa shape index (κ2) is 2.77. The molecule has 68 valence electrons. The Morgan fingerprint density at radius 3 is 2.86 bits per heavy atom. The van der Waals surface area contributed by atoms with E-state index in [-0.39, 0.29) is 0 Å². The molecule has 0 fully saturated rings. The number of hydrogen-bond donors (Lipinski definition) is 1. The minimum Gasteiger partial charge on any atom is -0.456 e. The largest absolute Gasteiger partial charge is 0.456 e. The van der Waals surface area contributed by atoms with Crippen LogP contribution in [0.1, 0.15) is 11.3 Å². The summed E-state index contributed by atoms with van der Waals surface area (Å²) in [4.78, 5) is 0. The number of fused-ring (bicyclic) bond motifs is 3. The third-order valence-corrected chi connectivity index (χ3v) is 2.34. The number of benzene rings is 1. The Bertz CT molecular complexity index is 534. The molecule has 0 atom stereocenters. The molecule has 0 aliphatic carbocycles. The van der Waals surface area contributed by atoms with E-state index in [4.69, 9.17) is 4.42 Å². The van der Waals surface area contributed by atoms with Gasteiger partial charge in [0.15, 0.2) is 0 Å². The minimum atomic E-state index is 0.910. The van der Waals surface area contributed by atoms with E-state index in [1.807, 2.05) is 42.8 Å². The van der Waals surface area contributed by atoms with E-state index in [1.165, 1.54) is 0 Å². The van der Waals surface area contributed by atoms with Gasteiger partial charge in [0.2, 0.25) is 0 Å². The van der Waals surface area contributed by atoms with Gasteiger partial charge in [-0.05, 0) is 18.2 Å². The van der Waals surface area contributed by atoms with Crippen LogP contribution in [0.15, 0.2) is 41.1 Å². The lowest BCUT2D eigenvalue weighted by molar-refractivity contribution is 0.603. The lowest BCUT2D eigenvalue weighted by Crippen LogP contribution is -1.87. The maximum atomic E-state index is 5.69. The summed E-state index contributed by atoms with van der Waals surface area (Å²) in [6.45, 7) is 0. The van der Waals surface area contributed by atoms with Crippen molar-refractivity contribution in [2.75, 3.05) is 0 Å². The number of hydrogen-bond acceptors (Lipinski definition) is 2. The maximum absolute atomic E-state index is 5.69. The van der Waals surface area contributed by atoms with Crippen molar-refractivity contribution < 1.29 is 4.42 Å². The zero-order chi connectivity index (χ0) is 9.38. The van der Waals surface area contributed by atoms with Crippen molar-refractivity contribution in [3.63, 3.8) is 0 Å². The van der Waals surface area contributed by atoms with Gasteiger partial charge in [0, 0.05) is 23.3 Å². The average Bonchev–Trinajstić information content (AvgIpc) is 2.42. The lowest BCUT2D eigenvalue weighted by atomic mass is 10.1. The lowest BCUT2D eigenvalue weighted by Gasteiger charge is -1.88. The fraction of sp³-hybridized carbons (Fsp3) is 0. The Morgan fingerprint density at radius 1 is 1.00 bits per heavy atom. The van der Waals surface area contributed by atoms with Crippen LogP contribution in [0, 0.1) is 0 Å². The number of rotatable bonds is 0. The molecular formula is C12H9NO. The third kappa shape index (κ3) is 0.973. The molecule has 0 amide bonds. The summed E-state index contributed by atoms with van der Waals surface area (Å²) in [6.07, 6.45) is 7.74. The van der Waals surface area contributed by atoms with Crippen molar-refractivity contribution in [3.05, 3.63) is 48.0 Å². The van der Waals surface area contributed by atoms with E-state index in [0.29, 0.717) is 0 Å². The Balaban J connectivity index is 2.41. The molecule has 2 heterocycles. The Labute approximate surface area is 81.5 Å².